The molecule has 0 saturated heterocycles. The van der Waals surface area contributed by atoms with E-state index in [4.69, 9.17) is 5.73 Å². The molecule has 0 spiro atoms. The van der Waals surface area contributed by atoms with Crippen LogP contribution in [0.4, 0.5) is 11.4 Å². The fourth-order valence-corrected chi connectivity index (χ4v) is 2.04. The van der Waals surface area contributed by atoms with Gasteiger partial charge in [-0.05, 0) is 11.6 Å². The zero-order chi connectivity index (χ0) is 12.4. The zero-order valence-electron chi connectivity index (χ0n) is 8.70. The highest BCUT2D eigenvalue weighted by Gasteiger charge is 2.12. The average Bonchev–Trinajstić information content (AvgIpc) is 2.67. The third kappa shape index (κ3) is 2.34. The van der Waals surface area contributed by atoms with Crippen LogP contribution in [0, 0.1) is 10.1 Å². The molecule has 0 fully saturated rings. The third-order valence-corrected chi connectivity index (χ3v) is 2.98. The Bertz CT molecular complexity index is 617. The Balaban J connectivity index is 2.35. The molecule has 1 aromatic heterocycles. The highest BCUT2D eigenvalue weighted by atomic mass is 32.1. The van der Waals surface area contributed by atoms with Crippen LogP contribution in [-0.2, 0) is 6.54 Å². The van der Waals surface area contributed by atoms with Crippen molar-refractivity contribution in [3.8, 4) is 0 Å². The lowest BCUT2D eigenvalue weighted by Gasteiger charge is -2.03. The number of benzene rings is 1. The summed E-state index contributed by atoms with van der Waals surface area (Å²) in [6, 6.07) is 4.54. The first-order valence-corrected chi connectivity index (χ1v) is 5.62. The first-order valence-electron chi connectivity index (χ1n) is 4.74. The third-order valence-electron chi connectivity index (χ3n) is 2.29. The molecule has 0 radical (unpaired) electrons. The topological polar surface area (TPSA) is 91.2 Å². The SMILES string of the molecule is Nc1ccc(Cn2ccsc2=O)cc1[N+](=O)[O-]. The Morgan fingerprint density at radius 1 is 1.47 bits per heavy atom. The monoisotopic (exact) mass is 251 g/mol. The van der Waals surface area contributed by atoms with Crippen molar-refractivity contribution in [1.82, 2.24) is 4.57 Å². The van der Waals surface area contributed by atoms with E-state index in [1.165, 1.54) is 16.7 Å². The van der Waals surface area contributed by atoms with Crippen molar-refractivity contribution >= 4 is 22.7 Å². The largest absolute Gasteiger partial charge is 0.393 e. The Morgan fingerprint density at radius 3 is 2.82 bits per heavy atom. The van der Waals surface area contributed by atoms with Gasteiger partial charge in [0.2, 0.25) is 0 Å². The summed E-state index contributed by atoms with van der Waals surface area (Å²) in [5.41, 5.74) is 6.15. The quantitative estimate of drug-likeness (QED) is 0.507. The van der Waals surface area contributed by atoms with Crippen LogP contribution in [0.5, 0.6) is 0 Å². The van der Waals surface area contributed by atoms with E-state index in [-0.39, 0.29) is 16.2 Å². The number of nitrogen functional groups attached to an aromatic ring is 1. The number of rotatable bonds is 3. The van der Waals surface area contributed by atoms with Crippen molar-refractivity contribution in [3.63, 3.8) is 0 Å². The molecule has 2 N–H and O–H groups in total. The summed E-state index contributed by atoms with van der Waals surface area (Å²) in [5.74, 6) is 0. The summed E-state index contributed by atoms with van der Waals surface area (Å²) in [7, 11) is 0. The second-order valence-electron chi connectivity index (χ2n) is 3.45. The van der Waals surface area contributed by atoms with Crippen LogP contribution in [0.1, 0.15) is 5.56 Å². The van der Waals surface area contributed by atoms with Gasteiger partial charge in [-0.3, -0.25) is 14.9 Å². The first kappa shape index (κ1) is 11.3. The summed E-state index contributed by atoms with van der Waals surface area (Å²) in [6.45, 7) is 0.309. The molecule has 0 bridgehead atoms. The summed E-state index contributed by atoms with van der Waals surface area (Å²) < 4.78 is 1.49. The summed E-state index contributed by atoms with van der Waals surface area (Å²) in [5, 5.41) is 12.4. The first-order chi connectivity index (χ1) is 8.08. The number of anilines is 1. The fraction of sp³-hybridized carbons (Fsp3) is 0.100. The Hall–Kier alpha value is -2.15. The van der Waals surface area contributed by atoms with Crippen LogP contribution in [0.25, 0.3) is 0 Å². The standard InChI is InChI=1S/C10H9N3O3S/c11-8-2-1-7(5-9(8)13(15)16)6-12-3-4-17-10(12)14/h1-5H,6,11H2. The molecular formula is C10H9N3O3S. The van der Waals surface area contributed by atoms with Crippen LogP contribution in [0.3, 0.4) is 0 Å². The predicted octanol–water partition coefficient (Wildman–Crippen LogP) is 1.45. The molecule has 1 aromatic carbocycles. The highest BCUT2D eigenvalue weighted by molar-refractivity contribution is 7.07. The molecule has 88 valence electrons. The summed E-state index contributed by atoms with van der Waals surface area (Å²) >= 11 is 1.09. The maximum absolute atomic E-state index is 11.3. The van der Waals surface area contributed by atoms with Crippen LogP contribution < -0.4 is 10.6 Å². The van der Waals surface area contributed by atoms with Gasteiger partial charge in [0.1, 0.15) is 5.69 Å². The summed E-state index contributed by atoms with van der Waals surface area (Å²) in [4.78, 5) is 21.4. The number of thiazole rings is 1. The molecule has 0 atom stereocenters. The molecule has 2 rings (SSSR count). The fourth-order valence-electron chi connectivity index (χ4n) is 1.45. The second kappa shape index (κ2) is 4.38. The van der Waals surface area contributed by atoms with E-state index in [0.717, 1.165) is 11.3 Å². The minimum absolute atomic E-state index is 0.0931. The molecule has 17 heavy (non-hydrogen) atoms. The van der Waals surface area contributed by atoms with Crippen molar-refractivity contribution in [2.75, 3.05) is 5.73 Å². The van der Waals surface area contributed by atoms with E-state index in [1.807, 2.05) is 0 Å². The molecule has 0 amide bonds. The van der Waals surface area contributed by atoms with Gasteiger partial charge in [-0.25, -0.2) is 0 Å². The van der Waals surface area contributed by atoms with Crippen LogP contribution in [0.2, 0.25) is 0 Å². The Kier molecular flexibility index (Phi) is 2.92. The van der Waals surface area contributed by atoms with E-state index in [2.05, 4.69) is 0 Å². The van der Waals surface area contributed by atoms with Gasteiger partial charge in [0.15, 0.2) is 0 Å². The van der Waals surface area contributed by atoms with Gasteiger partial charge in [-0.15, -0.1) is 0 Å². The van der Waals surface area contributed by atoms with Gasteiger partial charge < -0.3 is 10.3 Å². The van der Waals surface area contributed by atoms with E-state index in [0.29, 0.717) is 12.1 Å². The number of nitrogens with zero attached hydrogens (tertiary/aromatic N) is 2. The lowest BCUT2D eigenvalue weighted by atomic mass is 10.2. The molecule has 0 saturated carbocycles. The Labute approximate surface area is 100 Å². The number of nitro benzene ring substituents is 1. The smallest absolute Gasteiger partial charge is 0.307 e. The van der Waals surface area contributed by atoms with Crippen molar-refractivity contribution in [1.29, 1.82) is 0 Å². The zero-order valence-corrected chi connectivity index (χ0v) is 9.52. The van der Waals surface area contributed by atoms with E-state index >= 15 is 0 Å². The van der Waals surface area contributed by atoms with Crippen molar-refractivity contribution < 1.29 is 4.92 Å². The second-order valence-corrected chi connectivity index (χ2v) is 4.30. The van der Waals surface area contributed by atoms with E-state index < -0.39 is 4.92 Å². The maximum Gasteiger partial charge on any atom is 0.307 e. The lowest BCUT2D eigenvalue weighted by Crippen LogP contribution is -2.12. The van der Waals surface area contributed by atoms with Gasteiger partial charge in [0, 0.05) is 17.6 Å². The highest BCUT2D eigenvalue weighted by Crippen LogP contribution is 2.22. The number of nitro groups is 1. The minimum Gasteiger partial charge on any atom is -0.393 e. The number of hydrogen-bond acceptors (Lipinski definition) is 5. The number of hydrogen-bond donors (Lipinski definition) is 1. The van der Waals surface area contributed by atoms with Crippen molar-refractivity contribution in [3.05, 3.63) is 55.1 Å². The molecular weight excluding hydrogens is 242 g/mol. The lowest BCUT2D eigenvalue weighted by molar-refractivity contribution is -0.384. The van der Waals surface area contributed by atoms with Crippen molar-refractivity contribution in [2.45, 2.75) is 6.54 Å². The van der Waals surface area contributed by atoms with Crippen LogP contribution in [-0.4, -0.2) is 9.49 Å². The van der Waals surface area contributed by atoms with E-state index in [1.54, 1.807) is 17.6 Å². The molecule has 0 aliphatic carbocycles. The minimum atomic E-state index is -0.533. The van der Waals surface area contributed by atoms with E-state index in [9.17, 15) is 14.9 Å². The van der Waals surface area contributed by atoms with Crippen molar-refractivity contribution in [2.24, 2.45) is 0 Å². The van der Waals surface area contributed by atoms with Gasteiger partial charge in [0.05, 0.1) is 11.5 Å². The van der Waals surface area contributed by atoms with Gasteiger partial charge >= 0.3 is 4.87 Å². The normalized spacial score (nSPS) is 10.4. The molecule has 0 unspecified atom stereocenters. The molecule has 7 heteroatoms. The van der Waals surface area contributed by atoms with Gasteiger partial charge in [0.25, 0.3) is 5.69 Å². The maximum atomic E-state index is 11.3. The molecule has 2 aromatic rings. The van der Waals surface area contributed by atoms with Crippen LogP contribution in [0.15, 0.2) is 34.6 Å². The molecule has 0 aliphatic heterocycles. The molecule has 0 aliphatic rings. The predicted molar refractivity (Wildman–Crippen MR) is 65.2 cm³/mol. The van der Waals surface area contributed by atoms with Gasteiger partial charge in [-0.2, -0.15) is 0 Å². The number of nitrogens with two attached hydrogens (primary N) is 1. The Morgan fingerprint density at radius 2 is 2.24 bits per heavy atom. The number of aromatic nitrogens is 1. The van der Waals surface area contributed by atoms with Gasteiger partial charge in [-0.1, -0.05) is 17.4 Å². The molecule has 1 heterocycles. The van der Waals surface area contributed by atoms with Crippen LogP contribution >= 0.6 is 11.3 Å². The molecule has 6 nitrogen and oxygen atoms in total. The average molecular weight is 251 g/mol. The summed E-state index contributed by atoms with van der Waals surface area (Å²) in [6.07, 6.45) is 1.65.